The minimum atomic E-state index is -0.382. The highest BCUT2D eigenvalue weighted by atomic mass is 16.2. The normalized spacial score (nSPS) is 16.1. The van der Waals surface area contributed by atoms with Crippen LogP contribution in [0.3, 0.4) is 0 Å². The van der Waals surface area contributed by atoms with Gasteiger partial charge in [0.05, 0.1) is 6.04 Å². The molecular weight excluding hydrogens is 316 g/mol. The van der Waals surface area contributed by atoms with Crippen molar-refractivity contribution < 1.29 is 9.59 Å². The maximum atomic E-state index is 12.4. The Kier molecular flexibility index (Phi) is 6.58. The Balaban J connectivity index is 1.98. The summed E-state index contributed by atoms with van der Waals surface area (Å²) in [4.78, 5) is 26.7. The largest absolute Gasteiger partial charge is 0.373 e. The van der Waals surface area contributed by atoms with Gasteiger partial charge in [-0.3, -0.25) is 9.59 Å². The van der Waals surface area contributed by atoms with Gasteiger partial charge in [0.25, 0.3) is 5.91 Å². The molecule has 0 aliphatic carbocycles. The predicted molar refractivity (Wildman–Crippen MR) is 95.3 cm³/mol. The summed E-state index contributed by atoms with van der Waals surface area (Å²) in [6, 6.07) is 9.89. The lowest BCUT2D eigenvalue weighted by Gasteiger charge is -2.31. The zero-order valence-electron chi connectivity index (χ0n) is 14.7. The number of nitrogens with one attached hydrogen (secondary N) is 1. The Labute approximate surface area is 148 Å². The molecule has 132 valence electrons. The molecule has 1 aliphatic rings. The van der Waals surface area contributed by atoms with E-state index in [0.29, 0.717) is 26.2 Å². The quantitative estimate of drug-likeness (QED) is 0.485. The number of piperazine rings is 1. The van der Waals surface area contributed by atoms with Crippen LogP contribution in [-0.4, -0.2) is 48.3 Å². The molecule has 0 aromatic heterocycles. The molecule has 1 heterocycles. The van der Waals surface area contributed by atoms with Crippen molar-refractivity contribution in [2.24, 2.45) is 0 Å². The fraction of sp³-hybridized carbons (Fsp3) is 0.421. The standard InChI is InChI=1S/C19H24N4O2/c1-3-16-4-6-17(7-5-16)15(2)21-19(25)18(12-20)13-22-8-10-23(14-24)11-9-22/h4-7,13-15H,3,8-11H2,1-2H3,(H,21,25)/b18-13-. The minimum Gasteiger partial charge on any atom is -0.373 e. The fourth-order valence-electron chi connectivity index (χ4n) is 2.69. The number of carbonyl (C=O) groups excluding carboxylic acids is 2. The molecule has 2 rings (SSSR count). The van der Waals surface area contributed by atoms with Gasteiger partial charge in [-0.1, -0.05) is 31.2 Å². The smallest absolute Gasteiger partial charge is 0.263 e. The lowest BCUT2D eigenvalue weighted by molar-refractivity contribution is -0.120. The van der Waals surface area contributed by atoms with Crippen LogP contribution >= 0.6 is 0 Å². The zero-order valence-corrected chi connectivity index (χ0v) is 14.7. The van der Waals surface area contributed by atoms with E-state index in [4.69, 9.17) is 0 Å². The maximum Gasteiger partial charge on any atom is 0.263 e. The Bertz CT molecular complexity index is 668. The van der Waals surface area contributed by atoms with E-state index < -0.39 is 0 Å². The molecule has 0 radical (unpaired) electrons. The molecule has 1 fully saturated rings. The highest BCUT2D eigenvalue weighted by Gasteiger charge is 2.17. The van der Waals surface area contributed by atoms with Gasteiger partial charge in [-0.25, -0.2) is 0 Å². The van der Waals surface area contributed by atoms with Gasteiger partial charge in [0.15, 0.2) is 0 Å². The molecular formula is C19H24N4O2. The van der Waals surface area contributed by atoms with E-state index in [2.05, 4.69) is 12.2 Å². The number of hydrogen-bond donors (Lipinski definition) is 1. The first-order chi connectivity index (χ1) is 12.1. The molecule has 0 saturated carbocycles. The molecule has 1 N–H and O–H groups in total. The molecule has 1 aromatic carbocycles. The van der Waals surface area contributed by atoms with Crippen LogP contribution in [0.2, 0.25) is 0 Å². The number of carbonyl (C=O) groups is 2. The highest BCUT2D eigenvalue weighted by molar-refractivity contribution is 5.97. The van der Waals surface area contributed by atoms with Crippen molar-refractivity contribution in [1.29, 1.82) is 5.26 Å². The van der Waals surface area contributed by atoms with Crippen LogP contribution in [-0.2, 0) is 16.0 Å². The summed E-state index contributed by atoms with van der Waals surface area (Å²) in [5.74, 6) is -0.382. The average molecular weight is 340 g/mol. The molecule has 1 aliphatic heterocycles. The summed E-state index contributed by atoms with van der Waals surface area (Å²) < 4.78 is 0. The van der Waals surface area contributed by atoms with Crippen molar-refractivity contribution in [3.63, 3.8) is 0 Å². The first-order valence-electron chi connectivity index (χ1n) is 8.52. The summed E-state index contributed by atoms with van der Waals surface area (Å²) in [7, 11) is 0. The Morgan fingerprint density at radius 2 is 1.84 bits per heavy atom. The zero-order chi connectivity index (χ0) is 18.2. The number of rotatable bonds is 6. The van der Waals surface area contributed by atoms with E-state index in [1.165, 1.54) is 5.56 Å². The maximum absolute atomic E-state index is 12.4. The molecule has 6 heteroatoms. The van der Waals surface area contributed by atoms with Crippen molar-refractivity contribution >= 4 is 12.3 Å². The van der Waals surface area contributed by atoms with Gasteiger partial charge in [-0.15, -0.1) is 0 Å². The van der Waals surface area contributed by atoms with E-state index in [-0.39, 0.29) is 17.5 Å². The van der Waals surface area contributed by atoms with Crippen molar-refractivity contribution in [2.75, 3.05) is 26.2 Å². The molecule has 2 amide bonds. The predicted octanol–water partition coefficient (Wildman–Crippen LogP) is 1.61. The molecule has 1 unspecified atom stereocenters. The van der Waals surface area contributed by atoms with Crippen LogP contribution in [0, 0.1) is 11.3 Å². The van der Waals surface area contributed by atoms with Crippen LogP contribution < -0.4 is 5.32 Å². The minimum absolute atomic E-state index is 0.0802. The van der Waals surface area contributed by atoms with Crippen LogP contribution in [0.15, 0.2) is 36.0 Å². The summed E-state index contributed by atoms with van der Waals surface area (Å²) in [6.07, 6.45) is 3.38. The van der Waals surface area contributed by atoms with Crippen molar-refractivity contribution in [2.45, 2.75) is 26.3 Å². The van der Waals surface area contributed by atoms with Gasteiger partial charge < -0.3 is 15.1 Å². The summed E-state index contributed by atoms with van der Waals surface area (Å²) in [6.45, 7) is 6.42. The molecule has 1 aromatic rings. The Morgan fingerprint density at radius 1 is 1.24 bits per heavy atom. The first-order valence-corrected chi connectivity index (χ1v) is 8.52. The number of amides is 2. The van der Waals surface area contributed by atoms with Crippen molar-refractivity contribution in [3.8, 4) is 6.07 Å². The molecule has 1 saturated heterocycles. The molecule has 6 nitrogen and oxygen atoms in total. The second-order valence-corrected chi connectivity index (χ2v) is 6.12. The number of benzene rings is 1. The Hall–Kier alpha value is -2.81. The van der Waals surface area contributed by atoms with Crippen LogP contribution in [0.25, 0.3) is 0 Å². The van der Waals surface area contributed by atoms with Crippen LogP contribution in [0.1, 0.15) is 31.0 Å². The monoisotopic (exact) mass is 340 g/mol. The Morgan fingerprint density at radius 3 is 2.36 bits per heavy atom. The lowest BCUT2D eigenvalue weighted by atomic mass is 10.0. The molecule has 25 heavy (non-hydrogen) atoms. The van der Waals surface area contributed by atoms with E-state index in [9.17, 15) is 14.9 Å². The van der Waals surface area contributed by atoms with Gasteiger partial charge in [0.1, 0.15) is 11.6 Å². The van der Waals surface area contributed by atoms with Crippen molar-refractivity contribution in [3.05, 3.63) is 47.2 Å². The van der Waals surface area contributed by atoms with Crippen LogP contribution in [0.5, 0.6) is 0 Å². The van der Waals surface area contributed by atoms with Gasteiger partial charge in [-0.05, 0) is 24.5 Å². The topological polar surface area (TPSA) is 76.4 Å². The average Bonchev–Trinajstić information content (AvgIpc) is 2.66. The van der Waals surface area contributed by atoms with E-state index >= 15 is 0 Å². The number of hydrogen-bond acceptors (Lipinski definition) is 4. The van der Waals surface area contributed by atoms with E-state index in [1.54, 1.807) is 11.1 Å². The van der Waals surface area contributed by atoms with E-state index in [0.717, 1.165) is 18.4 Å². The number of nitriles is 1. The SMILES string of the molecule is CCc1ccc(C(C)NC(=O)/C(C#N)=C\N2CCN(C=O)CC2)cc1. The first kappa shape index (κ1) is 18.5. The highest BCUT2D eigenvalue weighted by Crippen LogP contribution is 2.14. The van der Waals surface area contributed by atoms with Crippen molar-refractivity contribution in [1.82, 2.24) is 15.1 Å². The van der Waals surface area contributed by atoms with E-state index in [1.807, 2.05) is 42.2 Å². The van der Waals surface area contributed by atoms with Gasteiger partial charge in [0.2, 0.25) is 6.41 Å². The molecule has 1 atom stereocenters. The second kappa shape index (κ2) is 8.88. The summed E-state index contributed by atoms with van der Waals surface area (Å²) >= 11 is 0. The molecule has 0 spiro atoms. The van der Waals surface area contributed by atoms with Gasteiger partial charge in [0, 0.05) is 32.4 Å². The molecule has 0 bridgehead atoms. The van der Waals surface area contributed by atoms with Gasteiger partial charge >= 0.3 is 0 Å². The number of nitrogens with zero attached hydrogens (tertiary/aromatic N) is 3. The third-order valence-electron chi connectivity index (χ3n) is 4.41. The third-order valence-corrected chi connectivity index (χ3v) is 4.41. The number of aryl methyl sites for hydroxylation is 1. The fourth-order valence-corrected chi connectivity index (χ4v) is 2.69. The second-order valence-electron chi connectivity index (χ2n) is 6.12. The lowest BCUT2D eigenvalue weighted by Crippen LogP contribution is -2.43. The summed E-state index contributed by atoms with van der Waals surface area (Å²) in [5.41, 5.74) is 2.33. The van der Waals surface area contributed by atoms with Crippen LogP contribution in [0.4, 0.5) is 0 Å². The van der Waals surface area contributed by atoms with Gasteiger partial charge in [-0.2, -0.15) is 5.26 Å². The third kappa shape index (κ3) is 5.08. The summed E-state index contributed by atoms with van der Waals surface area (Å²) in [5, 5.41) is 12.2.